The zero-order valence-corrected chi connectivity index (χ0v) is 8.67. The summed E-state index contributed by atoms with van der Waals surface area (Å²) in [6, 6.07) is 0. The van der Waals surface area contributed by atoms with Gasteiger partial charge in [0, 0.05) is 13.0 Å². The van der Waals surface area contributed by atoms with Gasteiger partial charge in [0.25, 0.3) is 0 Å². The number of amides is 1. The van der Waals surface area contributed by atoms with Gasteiger partial charge in [-0.3, -0.25) is 9.59 Å². The first-order chi connectivity index (χ1) is 6.40. The van der Waals surface area contributed by atoms with Crippen molar-refractivity contribution in [3.63, 3.8) is 0 Å². The van der Waals surface area contributed by atoms with Crippen LogP contribution in [0, 0.1) is 0 Å². The first-order valence-electron chi connectivity index (χ1n) is 4.69. The molecule has 82 valence electrons. The summed E-state index contributed by atoms with van der Waals surface area (Å²) in [6.07, 6.45) is 1.05. The average molecular weight is 202 g/mol. The molecule has 1 amide bonds. The summed E-state index contributed by atoms with van der Waals surface area (Å²) < 4.78 is 0. The van der Waals surface area contributed by atoms with E-state index in [0.29, 0.717) is 19.4 Å². The number of carboxylic acid groups (broad SMARTS) is 1. The van der Waals surface area contributed by atoms with Gasteiger partial charge in [0.1, 0.15) is 0 Å². The van der Waals surface area contributed by atoms with E-state index in [1.807, 2.05) is 6.92 Å². The predicted molar refractivity (Wildman–Crippen MR) is 52.8 cm³/mol. The van der Waals surface area contributed by atoms with Crippen molar-refractivity contribution in [1.29, 1.82) is 0 Å². The van der Waals surface area contributed by atoms with Crippen molar-refractivity contribution in [2.24, 2.45) is 5.73 Å². The van der Waals surface area contributed by atoms with E-state index >= 15 is 0 Å². The highest BCUT2D eigenvalue weighted by molar-refractivity contribution is 5.85. The quantitative estimate of drug-likeness (QED) is 0.532. The van der Waals surface area contributed by atoms with Gasteiger partial charge in [-0.05, 0) is 19.8 Å². The van der Waals surface area contributed by atoms with Crippen molar-refractivity contribution in [2.75, 3.05) is 6.54 Å². The van der Waals surface area contributed by atoms with E-state index in [9.17, 15) is 9.59 Å². The maximum absolute atomic E-state index is 11.4. The Bertz CT molecular complexity index is 214. The van der Waals surface area contributed by atoms with Crippen LogP contribution in [0.25, 0.3) is 0 Å². The second kappa shape index (κ2) is 5.59. The zero-order valence-electron chi connectivity index (χ0n) is 8.67. The molecule has 14 heavy (non-hydrogen) atoms. The number of hydrogen-bond acceptors (Lipinski definition) is 3. The molecule has 0 bridgehead atoms. The minimum atomic E-state index is -0.858. The molecule has 4 N–H and O–H groups in total. The molecule has 0 heterocycles. The van der Waals surface area contributed by atoms with Crippen LogP contribution in [0.2, 0.25) is 0 Å². The van der Waals surface area contributed by atoms with Crippen molar-refractivity contribution < 1.29 is 14.7 Å². The summed E-state index contributed by atoms with van der Waals surface area (Å²) in [7, 11) is 0. The molecule has 0 saturated heterocycles. The molecular weight excluding hydrogens is 184 g/mol. The molecule has 5 heteroatoms. The summed E-state index contributed by atoms with van der Waals surface area (Å²) in [4.78, 5) is 21.5. The maximum Gasteiger partial charge on any atom is 0.303 e. The molecule has 1 unspecified atom stereocenters. The van der Waals surface area contributed by atoms with E-state index in [1.165, 1.54) is 0 Å². The number of rotatable bonds is 6. The van der Waals surface area contributed by atoms with Crippen molar-refractivity contribution in [2.45, 2.75) is 38.6 Å². The van der Waals surface area contributed by atoms with E-state index in [4.69, 9.17) is 10.8 Å². The maximum atomic E-state index is 11.4. The highest BCUT2D eigenvalue weighted by Gasteiger charge is 2.25. The van der Waals surface area contributed by atoms with Gasteiger partial charge in [0.05, 0.1) is 5.54 Å². The van der Waals surface area contributed by atoms with Gasteiger partial charge in [-0.2, -0.15) is 0 Å². The average Bonchev–Trinajstić information content (AvgIpc) is 2.11. The Balaban J connectivity index is 3.70. The third-order valence-corrected chi connectivity index (χ3v) is 2.11. The molecule has 0 aromatic heterocycles. The Morgan fingerprint density at radius 2 is 2.07 bits per heavy atom. The minimum Gasteiger partial charge on any atom is -0.481 e. The number of hydrogen-bond donors (Lipinski definition) is 3. The van der Waals surface area contributed by atoms with Crippen LogP contribution in [0.3, 0.4) is 0 Å². The first-order valence-corrected chi connectivity index (χ1v) is 4.69. The van der Waals surface area contributed by atoms with Gasteiger partial charge in [-0.15, -0.1) is 0 Å². The van der Waals surface area contributed by atoms with E-state index in [0.717, 1.165) is 0 Å². The first kappa shape index (κ1) is 12.9. The zero-order chi connectivity index (χ0) is 11.2. The number of aliphatic carboxylic acids is 1. The Morgan fingerprint density at radius 1 is 1.50 bits per heavy atom. The molecule has 0 aliphatic heterocycles. The number of carboxylic acids is 1. The van der Waals surface area contributed by atoms with Crippen LogP contribution < -0.4 is 11.1 Å². The molecular formula is C9H18N2O3. The molecule has 1 atom stereocenters. The fraction of sp³-hybridized carbons (Fsp3) is 0.778. The molecule has 5 nitrogen and oxygen atoms in total. The van der Waals surface area contributed by atoms with Crippen LogP contribution in [0.4, 0.5) is 0 Å². The highest BCUT2D eigenvalue weighted by atomic mass is 16.4. The standard InChI is InChI=1S/C9H18N2O3/c1-3-9(2,10)8(14)11-6-4-5-7(12)13/h3-6,10H2,1-2H3,(H,11,14)(H,12,13). The lowest BCUT2D eigenvalue weighted by atomic mass is 9.99. The summed E-state index contributed by atoms with van der Waals surface area (Å²) in [5.41, 5.74) is 4.82. The molecule has 0 radical (unpaired) electrons. The summed E-state index contributed by atoms with van der Waals surface area (Å²) in [6.45, 7) is 3.84. The molecule has 0 aliphatic rings. The summed E-state index contributed by atoms with van der Waals surface area (Å²) >= 11 is 0. The van der Waals surface area contributed by atoms with Gasteiger partial charge >= 0.3 is 5.97 Å². The third kappa shape index (κ3) is 4.81. The Kier molecular flexibility index (Phi) is 5.15. The smallest absolute Gasteiger partial charge is 0.303 e. The van der Waals surface area contributed by atoms with Gasteiger partial charge < -0.3 is 16.2 Å². The van der Waals surface area contributed by atoms with Crippen LogP contribution >= 0.6 is 0 Å². The lowest BCUT2D eigenvalue weighted by Crippen LogP contribution is -2.51. The van der Waals surface area contributed by atoms with Crippen molar-refractivity contribution in [1.82, 2.24) is 5.32 Å². The predicted octanol–water partition coefficient (Wildman–Crippen LogP) is 0.0948. The van der Waals surface area contributed by atoms with E-state index in [1.54, 1.807) is 6.92 Å². The second-order valence-corrected chi connectivity index (χ2v) is 3.52. The highest BCUT2D eigenvalue weighted by Crippen LogP contribution is 2.03. The van der Waals surface area contributed by atoms with E-state index in [2.05, 4.69) is 5.32 Å². The molecule has 0 saturated carbocycles. The number of carbonyl (C=O) groups excluding carboxylic acids is 1. The van der Waals surface area contributed by atoms with Crippen LogP contribution in [0.15, 0.2) is 0 Å². The Hall–Kier alpha value is -1.10. The van der Waals surface area contributed by atoms with Crippen LogP contribution in [-0.4, -0.2) is 29.1 Å². The molecule has 0 aromatic carbocycles. The second-order valence-electron chi connectivity index (χ2n) is 3.52. The SMILES string of the molecule is CCC(C)(N)C(=O)NCCCC(=O)O. The van der Waals surface area contributed by atoms with Crippen LogP contribution in [0.1, 0.15) is 33.1 Å². The van der Waals surface area contributed by atoms with Gasteiger partial charge in [0.15, 0.2) is 0 Å². The Morgan fingerprint density at radius 3 is 2.50 bits per heavy atom. The number of nitrogens with one attached hydrogen (secondary N) is 1. The summed E-state index contributed by atoms with van der Waals surface area (Å²) in [5.74, 6) is -1.09. The lowest BCUT2D eigenvalue weighted by Gasteiger charge is -2.21. The van der Waals surface area contributed by atoms with Crippen LogP contribution in [0.5, 0.6) is 0 Å². The van der Waals surface area contributed by atoms with Crippen molar-refractivity contribution in [3.8, 4) is 0 Å². The molecule has 0 spiro atoms. The van der Waals surface area contributed by atoms with Crippen molar-refractivity contribution in [3.05, 3.63) is 0 Å². The van der Waals surface area contributed by atoms with Crippen molar-refractivity contribution >= 4 is 11.9 Å². The summed E-state index contributed by atoms with van der Waals surface area (Å²) in [5, 5.41) is 10.9. The van der Waals surface area contributed by atoms with Gasteiger partial charge in [0.2, 0.25) is 5.91 Å². The fourth-order valence-electron chi connectivity index (χ4n) is 0.804. The van der Waals surface area contributed by atoms with E-state index in [-0.39, 0.29) is 12.3 Å². The minimum absolute atomic E-state index is 0.0632. The number of nitrogens with two attached hydrogens (primary N) is 1. The van der Waals surface area contributed by atoms with Gasteiger partial charge in [-0.1, -0.05) is 6.92 Å². The van der Waals surface area contributed by atoms with Crippen LogP contribution in [-0.2, 0) is 9.59 Å². The topological polar surface area (TPSA) is 92.4 Å². The molecule has 0 aromatic rings. The van der Waals surface area contributed by atoms with E-state index < -0.39 is 11.5 Å². The lowest BCUT2D eigenvalue weighted by molar-refractivity contribution is -0.137. The largest absolute Gasteiger partial charge is 0.481 e. The fourth-order valence-corrected chi connectivity index (χ4v) is 0.804. The molecule has 0 fully saturated rings. The molecule has 0 aliphatic carbocycles. The monoisotopic (exact) mass is 202 g/mol. The Labute approximate surface area is 83.7 Å². The number of carbonyl (C=O) groups is 2. The normalized spacial score (nSPS) is 14.5. The third-order valence-electron chi connectivity index (χ3n) is 2.11. The molecule has 0 rings (SSSR count). The van der Waals surface area contributed by atoms with Gasteiger partial charge in [-0.25, -0.2) is 0 Å².